The average molecular weight is 241 g/mol. The highest BCUT2D eigenvalue weighted by Crippen LogP contribution is 2.33. The summed E-state index contributed by atoms with van der Waals surface area (Å²) in [6.07, 6.45) is 7.62. The van der Waals surface area contributed by atoms with Crippen LogP contribution in [0.15, 0.2) is 36.5 Å². The number of aliphatic hydroxyl groups is 1. The van der Waals surface area contributed by atoms with Gasteiger partial charge < -0.3 is 5.11 Å². The molecule has 1 aromatic carbocycles. The van der Waals surface area contributed by atoms with Gasteiger partial charge in [0.15, 0.2) is 0 Å². The van der Waals surface area contributed by atoms with E-state index in [-0.39, 0.29) is 6.10 Å². The lowest BCUT2D eigenvalue weighted by Crippen LogP contribution is -2.04. The first kappa shape index (κ1) is 11.7. The van der Waals surface area contributed by atoms with E-state index in [0.717, 1.165) is 22.9 Å². The van der Waals surface area contributed by atoms with Gasteiger partial charge in [0.05, 0.1) is 11.6 Å². The molecule has 2 nitrogen and oxygen atoms in total. The maximum atomic E-state index is 10.3. The maximum absolute atomic E-state index is 10.3. The quantitative estimate of drug-likeness (QED) is 0.885. The van der Waals surface area contributed by atoms with Crippen molar-refractivity contribution in [3.05, 3.63) is 42.1 Å². The van der Waals surface area contributed by atoms with Gasteiger partial charge in [0.2, 0.25) is 0 Å². The van der Waals surface area contributed by atoms with E-state index in [4.69, 9.17) is 0 Å². The Morgan fingerprint density at radius 1 is 1.22 bits per heavy atom. The van der Waals surface area contributed by atoms with Crippen LogP contribution in [0.25, 0.3) is 10.9 Å². The van der Waals surface area contributed by atoms with E-state index < -0.39 is 0 Å². The minimum absolute atomic E-state index is 0.322. The molecule has 1 aliphatic rings. The van der Waals surface area contributed by atoms with Gasteiger partial charge in [-0.1, -0.05) is 37.8 Å². The first-order valence-electron chi connectivity index (χ1n) is 6.86. The molecule has 0 saturated heterocycles. The van der Waals surface area contributed by atoms with Gasteiger partial charge in [-0.15, -0.1) is 0 Å². The van der Waals surface area contributed by atoms with Gasteiger partial charge in [-0.3, -0.25) is 4.98 Å². The Morgan fingerprint density at radius 3 is 2.89 bits per heavy atom. The number of rotatable bonds is 3. The Bertz CT molecular complexity index is 531. The zero-order valence-electron chi connectivity index (χ0n) is 10.5. The lowest BCUT2D eigenvalue weighted by atomic mass is 9.95. The van der Waals surface area contributed by atoms with Crippen LogP contribution in [-0.4, -0.2) is 10.1 Å². The van der Waals surface area contributed by atoms with Crippen molar-refractivity contribution in [3.8, 4) is 0 Å². The summed E-state index contributed by atoms with van der Waals surface area (Å²) in [6.45, 7) is 0. The number of hydrogen-bond acceptors (Lipinski definition) is 2. The molecule has 1 fully saturated rings. The number of benzene rings is 1. The van der Waals surface area contributed by atoms with Crippen LogP contribution >= 0.6 is 0 Å². The van der Waals surface area contributed by atoms with Gasteiger partial charge in [0.1, 0.15) is 0 Å². The van der Waals surface area contributed by atoms with Gasteiger partial charge in [0.25, 0.3) is 0 Å². The van der Waals surface area contributed by atoms with Crippen LogP contribution in [0.3, 0.4) is 0 Å². The molecule has 1 unspecified atom stereocenters. The molecule has 94 valence electrons. The van der Waals surface area contributed by atoms with Crippen molar-refractivity contribution in [1.29, 1.82) is 0 Å². The molecule has 0 aliphatic heterocycles. The second kappa shape index (κ2) is 5.07. The van der Waals surface area contributed by atoms with Crippen molar-refractivity contribution in [1.82, 2.24) is 4.98 Å². The number of fused-ring (bicyclic) bond motifs is 1. The Balaban J connectivity index is 1.80. The summed E-state index contributed by atoms with van der Waals surface area (Å²) in [4.78, 5) is 4.30. The van der Waals surface area contributed by atoms with E-state index in [0.29, 0.717) is 5.92 Å². The highest BCUT2D eigenvalue weighted by molar-refractivity contribution is 5.78. The van der Waals surface area contributed by atoms with Gasteiger partial charge in [-0.2, -0.15) is 0 Å². The largest absolute Gasteiger partial charge is 0.388 e. The molecule has 0 amide bonds. The maximum Gasteiger partial charge on any atom is 0.0792 e. The summed E-state index contributed by atoms with van der Waals surface area (Å²) in [7, 11) is 0. The fourth-order valence-electron chi connectivity index (χ4n) is 3.00. The number of pyridine rings is 1. The zero-order valence-corrected chi connectivity index (χ0v) is 10.5. The number of aromatic nitrogens is 1. The van der Waals surface area contributed by atoms with Crippen LogP contribution in [-0.2, 0) is 0 Å². The molecule has 1 aromatic heterocycles. The first-order chi connectivity index (χ1) is 8.83. The van der Waals surface area contributed by atoms with Crippen LogP contribution in [0, 0.1) is 5.92 Å². The molecule has 2 aromatic rings. The molecule has 3 rings (SSSR count). The average Bonchev–Trinajstić information content (AvgIpc) is 2.91. The number of aliphatic hydroxyl groups excluding tert-OH is 1. The third kappa shape index (κ3) is 2.39. The van der Waals surface area contributed by atoms with Crippen LogP contribution in [0.5, 0.6) is 0 Å². The predicted molar refractivity (Wildman–Crippen MR) is 73.3 cm³/mol. The van der Waals surface area contributed by atoms with Gasteiger partial charge in [0, 0.05) is 11.6 Å². The second-order valence-corrected chi connectivity index (χ2v) is 5.36. The molecular formula is C16H19NO. The van der Waals surface area contributed by atoms with E-state index in [9.17, 15) is 5.11 Å². The molecule has 2 heteroatoms. The minimum atomic E-state index is -0.322. The van der Waals surface area contributed by atoms with Gasteiger partial charge >= 0.3 is 0 Å². The lowest BCUT2D eigenvalue weighted by Gasteiger charge is -2.16. The molecule has 1 heterocycles. The smallest absolute Gasteiger partial charge is 0.0792 e. The van der Waals surface area contributed by atoms with E-state index in [1.54, 1.807) is 6.20 Å². The van der Waals surface area contributed by atoms with Crippen molar-refractivity contribution in [2.24, 2.45) is 5.92 Å². The van der Waals surface area contributed by atoms with Crippen molar-refractivity contribution in [3.63, 3.8) is 0 Å². The summed E-state index contributed by atoms with van der Waals surface area (Å²) in [5.41, 5.74) is 2.02. The summed E-state index contributed by atoms with van der Waals surface area (Å²) < 4.78 is 0. The summed E-state index contributed by atoms with van der Waals surface area (Å²) in [5.74, 6) is 0.713. The van der Waals surface area contributed by atoms with Crippen LogP contribution in [0.1, 0.15) is 43.8 Å². The Kier molecular flexibility index (Phi) is 3.28. The number of nitrogens with zero attached hydrogens (tertiary/aromatic N) is 1. The van der Waals surface area contributed by atoms with Crippen molar-refractivity contribution in [2.45, 2.75) is 38.2 Å². The fourth-order valence-corrected chi connectivity index (χ4v) is 3.00. The molecule has 0 spiro atoms. The first-order valence-corrected chi connectivity index (χ1v) is 6.86. The fraction of sp³-hybridized carbons (Fsp3) is 0.438. The Hall–Kier alpha value is -1.41. The third-order valence-electron chi connectivity index (χ3n) is 4.04. The van der Waals surface area contributed by atoms with Gasteiger partial charge in [-0.25, -0.2) is 0 Å². The van der Waals surface area contributed by atoms with Crippen molar-refractivity contribution < 1.29 is 5.11 Å². The monoisotopic (exact) mass is 241 g/mol. The van der Waals surface area contributed by atoms with E-state index >= 15 is 0 Å². The molecular weight excluding hydrogens is 222 g/mol. The zero-order chi connectivity index (χ0) is 12.4. The summed E-state index contributed by atoms with van der Waals surface area (Å²) in [6, 6.07) is 10.1. The molecule has 1 atom stereocenters. The van der Waals surface area contributed by atoms with E-state index in [2.05, 4.69) is 11.1 Å². The van der Waals surface area contributed by atoms with Crippen molar-refractivity contribution >= 4 is 10.9 Å². The van der Waals surface area contributed by atoms with E-state index in [1.807, 2.05) is 24.3 Å². The normalized spacial score (nSPS) is 18.3. The molecule has 18 heavy (non-hydrogen) atoms. The molecule has 0 radical (unpaired) electrons. The third-order valence-corrected chi connectivity index (χ3v) is 4.04. The minimum Gasteiger partial charge on any atom is -0.388 e. The Labute approximate surface area is 108 Å². The van der Waals surface area contributed by atoms with Crippen LogP contribution < -0.4 is 0 Å². The topological polar surface area (TPSA) is 33.1 Å². The number of hydrogen-bond donors (Lipinski definition) is 1. The SMILES string of the molecule is OC(CC1CCCC1)c1ccc2ncccc2c1. The molecule has 1 N–H and O–H groups in total. The predicted octanol–water partition coefficient (Wildman–Crippen LogP) is 3.85. The lowest BCUT2D eigenvalue weighted by molar-refractivity contribution is 0.145. The summed E-state index contributed by atoms with van der Waals surface area (Å²) >= 11 is 0. The summed E-state index contributed by atoms with van der Waals surface area (Å²) in [5, 5.41) is 11.4. The molecule has 1 saturated carbocycles. The van der Waals surface area contributed by atoms with Crippen LogP contribution in [0.2, 0.25) is 0 Å². The highest BCUT2D eigenvalue weighted by atomic mass is 16.3. The Morgan fingerprint density at radius 2 is 2.06 bits per heavy atom. The van der Waals surface area contributed by atoms with Crippen LogP contribution in [0.4, 0.5) is 0 Å². The standard InChI is InChI=1S/C16H19NO/c18-16(10-12-4-1-2-5-12)14-7-8-15-13(11-14)6-3-9-17-15/h3,6-9,11-12,16,18H,1-2,4-5,10H2. The second-order valence-electron chi connectivity index (χ2n) is 5.36. The highest BCUT2D eigenvalue weighted by Gasteiger charge is 2.19. The molecule has 1 aliphatic carbocycles. The van der Waals surface area contributed by atoms with Crippen molar-refractivity contribution in [2.75, 3.05) is 0 Å². The van der Waals surface area contributed by atoms with Gasteiger partial charge in [-0.05, 0) is 36.1 Å². The molecule has 0 bridgehead atoms. The van der Waals surface area contributed by atoms with E-state index in [1.165, 1.54) is 25.7 Å².